The zero-order chi connectivity index (χ0) is 13.7. The van der Waals surface area contributed by atoms with Gasteiger partial charge in [0.25, 0.3) is 0 Å². The van der Waals surface area contributed by atoms with Crippen LogP contribution in [0, 0.1) is 5.82 Å². The third kappa shape index (κ3) is 3.61. The lowest BCUT2D eigenvalue weighted by atomic mass is 10.0. The highest BCUT2D eigenvalue weighted by Crippen LogP contribution is 2.20. The second-order valence-corrected chi connectivity index (χ2v) is 4.66. The molecule has 1 heterocycles. The highest BCUT2D eigenvalue weighted by atomic mass is 19.1. The van der Waals surface area contributed by atoms with E-state index in [0.717, 1.165) is 12.1 Å². The van der Waals surface area contributed by atoms with E-state index in [-0.39, 0.29) is 17.9 Å². The van der Waals surface area contributed by atoms with Crippen LogP contribution in [0.25, 0.3) is 0 Å². The molecule has 1 N–H and O–H groups in total. The van der Waals surface area contributed by atoms with Crippen molar-refractivity contribution >= 4 is 0 Å². The average molecular weight is 258 g/mol. The van der Waals surface area contributed by atoms with E-state index >= 15 is 0 Å². The summed E-state index contributed by atoms with van der Waals surface area (Å²) in [6, 6.07) is 13.8. The van der Waals surface area contributed by atoms with Crippen LogP contribution in [0.2, 0.25) is 0 Å². The van der Waals surface area contributed by atoms with Gasteiger partial charge in [-0.3, -0.25) is 4.98 Å². The minimum Gasteiger partial charge on any atom is -0.302 e. The first-order valence-corrected chi connectivity index (χ1v) is 6.63. The number of nitrogens with one attached hydrogen (secondary N) is 1. The maximum absolute atomic E-state index is 12.9. The zero-order valence-corrected chi connectivity index (χ0v) is 11.3. The Morgan fingerprint density at radius 1 is 1.16 bits per heavy atom. The van der Waals surface area contributed by atoms with Crippen LogP contribution >= 0.6 is 0 Å². The lowest BCUT2D eigenvalue weighted by Gasteiger charge is -2.22. The molecular weight excluding hydrogens is 239 g/mol. The highest BCUT2D eigenvalue weighted by Gasteiger charge is 2.14. The molecule has 19 heavy (non-hydrogen) atoms. The molecule has 0 fully saturated rings. The first kappa shape index (κ1) is 13.7. The SMILES string of the molecule is CCC(N[C@H](C)c1ccccc1)c1ccc(F)cn1. The largest absolute Gasteiger partial charge is 0.302 e. The summed E-state index contributed by atoms with van der Waals surface area (Å²) in [7, 11) is 0. The molecule has 0 saturated carbocycles. The molecule has 0 aliphatic carbocycles. The summed E-state index contributed by atoms with van der Waals surface area (Å²) in [6.07, 6.45) is 2.18. The summed E-state index contributed by atoms with van der Waals surface area (Å²) < 4.78 is 12.9. The Kier molecular flexibility index (Phi) is 4.63. The van der Waals surface area contributed by atoms with E-state index in [1.807, 2.05) is 18.2 Å². The third-order valence-corrected chi connectivity index (χ3v) is 3.27. The number of rotatable bonds is 5. The lowest BCUT2D eigenvalue weighted by molar-refractivity contribution is 0.447. The second kappa shape index (κ2) is 6.43. The summed E-state index contributed by atoms with van der Waals surface area (Å²) >= 11 is 0. The lowest BCUT2D eigenvalue weighted by Crippen LogP contribution is -2.25. The van der Waals surface area contributed by atoms with Crippen molar-refractivity contribution in [3.63, 3.8) is 0 Å². The number of halogens is 1. The van der Waals surface area contributed by atoms with E-state index in [4.69, 9.17) is 0 Å². The van der Waals surface area contributed by atoms with Crippen molar-refractivity contribution in [2.45, 2.75) is 32.4 Å². The first-order chi connectivity index (χ1) is 9.20. The molecule has 0 bridgehead atoms. The minimum absolute atomic E-state index is 0.135. The molecule has 1 aromatic carbocycles. The van der Waals surface area contributed by atoms with E-state index in [2.05, 4.69) is 36.3 Å². The average Bonchev–Trinajstić information content (AvgIpc) is 2.46. The fourth-order valence-corrected chi connectivity index (χ4v) is 2.15. The molecule has 0 radical (unpaired) electrons. The van der Waals surface area contributed by atoms with Crippen LogP contribution in [0.15, 0.2) is 48.7 Å². The molecule has 1 unspecified atom stereocenters. The molecular formula is C16H19FN2. The van der Waals surface area contributed by atoms with E-state index in [9.17, 15) is 4.39 Å². The van der Waals surface area contributed by atoms with Gasteiger partial charge in [0.2, 0.25) is 0 Å². The van der Waals surface area contributed by atoms with Crippen molar-refractivity contribution in [2.24, 2.45) is 0 Å². The summed E-state index contributed by atoms with van der Waals surface area (Å²) in [4.78, 5) is 4.16. The summed E-state index contributed by atoms with van der Waals surface area (Å²) in [6.45, 7) is 4.22. The van der Waals surface area contributed by atoms with E-state index in [1.165, 1.54) is 17.8 Å². The number of hydrogen-bond donors (Lipinski definition) is 1. The summed E-state index contributed by atoms with van der Waals surface area (Å²) in [5.74, 6) is -0.297. The van der Waals surface area contributed by atoms with Gasteiger partial charge in [-0.25, -0.2) is 4.39 Å². The Bertz CT molecular complexity index is 496. The van der Waals surface area contributed by atoms with Gasteiger partial charge in [-0.1, -0.05) is 37.3 Å². The minimum atomic E-state index is -0.297. The Morgan fingerprint density at radius 2 is 1.89 bits per heavy atom. The molecule has 1 aromatic heterocycles. The van der Waals surface area contributed by atoms with Crippen LogP contribution < -0.4 is 5.32 Å². The quantitative estimate of drug-likeness (QED) is 0.876. The topological polar surface area (TPSA) is 24.9 Å². The molecule has 100 valence electrons. The van der Waals surface area contributed by atoms with E-state index < -0.39 is 0 Å². The van der Waals surface area contributed by atoms with Gasteiger partial charge in [0.05, 0.1) is 11.9 Å². The third-order valence-electron chi connectivity index (χ3n) is 3.27. The maximum atomic E-state index is 12.9. The standard InChI is InChI=1S/C16H19FN2/c1-3-15(16-10-9-14(17)11-18-16)19-12(2)13-7-5-4-6-8-13/h4-12,15,19H,3H2,1-2H3/t12-,15?/m1/s1. The Labute approximate surface area is 113 Å². The Hall–Kier alpha value is -1.74. The first-order valence-electron chi connectivity index (χ1n) is 6.63. The van der Waals surface area contributed by atoms with Crippen molar-refractivity contribution in [2.75, 3.05) is 0 Å². The predicted octanol–water partition coefficient (Wildman–Crippen LogP) is 4.02. The van der Waals surface area contributed by atoms with Crippen LogP contribution in [0.1, 0.15) is 43.6 Å². The van der Waals surface area contributed by atoms with Crippen LogP contribution in [0.4, 0.5) is 4.39 Å². The number of aromatic nitrogens is 1. The van der Waals surface area contributed by atoms with Gasteiger partial charge in [-0.05, 0) is 31.0 Å². The maximum Gasteiger partial charge on any atom is 0.141 e. The number of benzene rings is 1. The normalized spacial score (nSPS) is 14.1. The molecule has 0 aliphatic rings. The van der Waals surface area contributed by atoms with Gasteiger partial charge in [0, 0.05) is 12.1 Å². The van der Waals surface area contributed by atoms with Crippen molar-refractivity contribution in [1.82, 2.24) is 10.3 Å². The molecule has 0 saturated heterocycles. The van der Waals surface area contributed by atoms with Crippen molar-refractivity contribution in [3.05, 3.63) is 65.7 Å². The van der Waals surface area contributed by atoms with Crippen molar-refractivity contribution in [1.29, 1.82) is 0 Å². The molecule has 2 atom stereocenters. The van der Waals surface area contributed by atoms with Gasteiger partial charge in [0.15, 0.2) is 0 Å². The Morgan fingerprint density at radius 3 is 2.47 bits per heavy atom. The fraction of sp³-hybridized carbons (Fsp3) is 0.312. The fourth-order valence-electron chi connectivity index (χ4n) is 2.15. The molecule has 2 rings (SSSR count). The van der Waals surface area contributed by atoms with Gasteiger partial charge < -0.3 is 5.32 Å². The predicted molar refractivity (Wildman–Crippen MR) is 75.2 cm³/mol. The van der Waals surface area contributed by atoms with Crippen molar-refractivity contribution in [3.8, 4) is 0 Å². The van der Waals surface area contributed by atoms with E-state index in [0.29, 0.717) is 0 Å². The number of hydrogen-bond acceptors (Lipinski definition) is 2. The zero-order valence-electron chi connectivity index (χ0n) is 11.3. The molecule has 0 spiro atoms. The van der Waals surface area contributed by atoms with Crippen LogP contribution in [0.5, 0.6) is 0 Å². The van der Waals surface area contributed by atoms with Gasteiger partial charge in [0.1, 0.15) is 5.82 Å². The van der Waals surface area contributed by atoms with Crippen LogP contribution in [0.3, 0.4) is 0 Å². The highest BCUT2D eigenvalue weighted by molar-refractivity contribution is 5.19. The van der Waals surface area contributed by atoms with Crippen LogP contribution in [-0.4, -0.2) is 4.98 Å². The molecule has 2 nitrogen and oxygen atoms in total. The van der Waals surface area contributed by atoms with Gasteiger partial charge >= 0.3 is 0 Å². The van der Waals surface area contributed by atoms with Gasteiger partial charge in [-0.2, -0.15) is 0 Å². The molecule has 0 aliphatic heterocycles. The molecule has 2 aromatic rings. The monoisotopic (exact) mass is 258 g/mol. The van der Waals surface area contributed by atoms with Crippen molar-refractivity contribution < 1.29 is 4.39 Å². The number of nitrogens with zero attached hydrogens (tertiary/aromatic N) is 1. The number of pyridine rings is 1. The molecule has 0 amide bonds. The Balaban J connectivity index is 2.09. The smallest absolute Gasteiger partial charge is 0.141 e. The van der Waals surface area contributed by atoms with Gasteiger partial charge in [-0.15, -0.1) is 0 Å². The van der Waals surface area contributed by atoms with E-state index in [1.54, 1.807) is 6.07 Å². The second-order valence-electron chi connectivity index (χ2n) is 4.66. The summed E-state index contributed by atoms with van der Waals surface area (Å²) in [5.41, 5.74) is 2.12. The van der Waals surface area contributed by atoms with Crippen LogP contribution in [-0.2, 0) is 0 Å². The summed E-state index contributed by atoms with van der Waals surface area (Å²) in [5, 5.41) is 3.53. The molecule has 3 heteroatoms.